The molecule has 1 amide bonds. The van der Waals surface area contributed by atoms with E-state index >= 15 is 0 Å². The van der Waals surface area contributed by atoms with Crippen LogP contribution in [0, 0.1) is 5.82 Å². The summed E-state index contributed by atoms with van der Waals surface area (Å²) in [4.78, 5) is 24.5. The number of hydrogen-bond donors (Lipinski definition) is 1. The van der Waals surface area contributed by atoms with Crippen LogP contribution in [0.4, 0.5) is 10.1 Å². The third-order valence-electron chi connectivity index (χ3n) is 4.84. The molecule has 1 aliphatic heterocycles. The van der Waals surface area contributed by atoms with Crippen molar-refractivity contribution >= 4 is 27.6 Å². The van der Waals surface area contributed by atoms with Crippen molar-refractivity contribution in [2.45, 2.75) is 37.1 Å². The Balaban J connectivity index is 1.76. The van der Waals surface area contributed by atoms with Gasteiger partial charge in [-0.25, -0.2) is 17.6 Å². The highest BCUT2D eigenvalue weighted by molar-refractivity contribution is 7.89. The van der Waals surface area contributed by atoms with Gasteiger partial charge in [-0.1, -0.05) is 6.42 Å². The lowest BCUT2D eigenvalue weighted by Gasteiger charge is -2.33. The van der Waals surface area contributed by atoms with Crippen LogP contribution in [0.15, 0.2) is 53.4 Å². The summed E-state index contributed by atoms with van der Waals surface area (Å²) in [5.74, 6) is -1.45. The molecule has 1 N–H and O–H groups in total. The fraction of sp³-hybridized carbons (Fsp3) is 0.333. The quantitative estimate of drug-likeness (QED) is 0.705. The summed E-state index contributed by atoms with van der Waals surface area (Å²) >= 11 is 0. The average molecular weight is 434 g/mol. The van der Waals surface area contributed by atoms with Crippen LogP contribution < -0.4 is 5.32 Å². The van der Waals surface area contributed by atoms with Crippen LogP contribution in [0.2, 0.25) is 0 Å². The van der Waals surface area contributed by atoms with Crippen LogP contribution in [-0.4, -0.2) is 43.8 Å². The highest BCUT2D eigenvalue weighted by Gasteiger charge is 2.37. The molecule has 0 aliphatic carbocycles. The average Bonchev–Trinajstić information content (AvgIpc) is 2.74. The first-order valence-electron chi connectivity index (χ1n) is 9.68. The van der Waals surface area contributed by atoms with Crippen molar-refractivity contribution in [3.8, 4) is 0 Å². The van der Waals surface area contributed by atoms with Crippen LogP contribution in [0.5, 0.6) is 0 Å². The smallest absolute Gasteiger partial charge is 0.338 e. The number of piperidine rings is 1. The lowest BCUT2D eigenvalue weighted by Crippen LogP contribution is -2.49. The summed E-state index contributed by atoms with van der Waals surface area (Å²) in [5.41, 5.74) is 0.797. The number of nitrogens with zero attached hydrogens (tertiary/aromatic N) is 1. The number of hydrogen-bond acceptors (Lipinski definition) is 5. The molecule has 0 radical (unpaired) electrons. The molecule has 0 unspecified atom stereocenters. The van der Waals surface area contributed by atoms with Gasteiger partial charge in [0, 0.05) is 12.2 Å². The molecule has 30 heavy (non-hydrogen) atoms. The number of rotatable bonds is 6. The third kappa shape index (κ3) is 4.85. The summed E-state index contributed by atoms with van der Waals surface area (Å²) < 4.78 is 45.3. The van der Waals surface area contributed by atoms with E-state index in [9.17, 15) is 22.4 Å². The first-order chi connectivity index (χ1) is 14.3. The summed E-state index contributed by atoms with van der Waals surface area (Å²) in [6.07, 6.45) is 1.74. The van der Waals surface area contributed by atoms with Crippen molar-refractivity contribution in [1.82, 2.24) is 4.31 Å². The number of halogens is 1. The summed E-state index contributed by atoms with van der Waals surface area (Å²) in [6, 6.07) is 9.86. The second-order valence-electron chi connectivity index (χ2n) is 6.87. The lowest BCUT2D eigenvalue weighted by molar-refractivity contribution is -0.120. The van der Waals surface area contributed by atoms with Crippen molar-refractivity contribution in [3.63, 3.8) is 0 Å². The van der Waals surface area contributed by atoms with Gasteiger partial charge < -0.3 is 10.1 Å². The second kappa shape index (κ2) is 9.36. The van der Waals surface area contributed by atoms with Crippen LogP contribution in [-0.2, 0) is 19.6 Å². The van der Waals surface area contributed by atoms with Gasteiger partial charge in [-0.3, -0.25) is 4.79 Å². The molecule has 0 saturated carbocycles. The molecule has 1 saturated heterocycles. The standard InChI is InChI=1S/C21H23FN2O5S/c1-2-29-21(26)15-6-10-17(11-7-15)23-20(25)19-5-3-4-14-24(19)30(27,28)18-12-8-16(22)9-13-18/h6-13,19H,2-5,14H2,1H3,(H,23,25)/t19-/m0/s1. The predicted molar refractivity (Wildman–Crippen MR) is 109 cm³/mol. The zero-order valence-corrected chi connectivity index (χ0v) is 17.3. The van der Waals surface area contributed by atoms with Crippen molar-refractivity contribution < 1.29 is 27.1 Å². The number of nitrogens with one attached hydrogen (secondary N) is 1. The molecule has 1 heterocycles. The van der Waals surface area contributed by atoms with E-state index in [1.807, 2.05) is 0 Å². The number of carbonyl (C=O) groups is 2. The fourth-order valence-electron chi connectivity index (χ4n) is 3.33. The topological polar surface area (TPSA) is 92.8 Å². The van der Waals surface area contributed by atoms with Crippen molar-refractivity contribution in [2.24, 2.45) is 0 Å². The number of ether oxygens (including phenoxy) is 1. The number of carbonyl (C=O) groups excluding carboxylic acids is 2. The van der Waals surface area contributed by atoms with Crippen molar-refractivity contribution in [3.05, 3.63) is 59.9 Å². The van der Waals surface area contributed by atoms with E-state index in [-0.39, 0.29) is 18.0 Å². The maximum atomic E-state index is 13.2. The first-order valence-corrected chi connectivity index (χ1v) is 11.1. The molecule has 7 nitrogen and oxygen atoms in total. The Morgan fingerprint density at radius 1 is 1.10 bits per heavy atom. The minimum absolute atomic E-state index is 0.0533. The normalized spacial score (nSPS) is 17.3. The highest BCUT2D eigenvalue weighted by Crippen LogP contribution is 2.26. The van der Waals surface area contributed by atoms with Crippen molar-refractivity contribution in [1.29, 1.82) is 0 Å². The van der Waals surface area contributed by atoms with E-state index in [2.05, 4.69) is 5.32 Å². The third-order valence-corrected chi connectivity index (χ3v) is 6.76. The van der Waals surface area contributed by atoms with Gasteiger partial charge in [0.15, 0.2) is 0 Å². The Bertz CT molecular complexity index is 1010. The van der Waals surface area contributed by atoms with Gasteiger partial charge in [-0.05, 0) is 68.3 Å². The Hall–Kier alpha value is -2.78. The van der Waals surface area contributed by atoms with E-state index in [4.69, 9.17) is 4.74 Å². The largest absolute Gasteiger partial charge is 0.462 e. The number of sulfonamides is 1. The Morgan fingerprint density at radius 3 is 2.40 bits per heavy atom. The molecule has 2 aromatic carbocycles. The van der Waals surface area contributed by atoms with E-state index < -0.39 is 33.8 Å². The fourth-order valence-corrected chi connectivity index (χ4v) is 4.98. The predicted octanol–water partition coefficient (Wildman–Crippen LogP) is 3.18. The molecule has 1 aliphatic rings. The number of anilines is 1. The molecular formula is C21H23FN2O5S. The monoisotopic (exact) mass is 434 g/mol. The maximum Gasteiger partial charge on any atom is 0.338 e. The second-order valence-corrected chi connectivity index (χ2v) is 8.76. The first kappa shape index (κ1) is 21.9. The highest BCUT2D eigenvalue weighted by atomic mass is 32.2. The maximum absolute atomic E-state index is 13.2. The van der Waals surface area contributed by atoms with Gasteiger partial charge in [0.05, 0.1) is 17.1 Å². The zero-order valence-electron chi connectivity index (χ0n) is 16.5. The molecular weight excluding hydrogens is 411 g/mol. The van der Waals surface area contributed by atoms with Gasteiger partial charge in [-0.2, -0.15) is 4.31 Å². The summed E-state index contributed by atoms with van der Waals surface area (Å²) in [7, 11) is -3.94. The van der Waals surface area contributed by atoms with Crippen LogP contribution in [0.1, 0.15) is 36.5 Å². The Morgan fingerprint density at radius 2 is 1.77 bits per heavy atom. The molecule has 160 valence electrons. The SMILES string of the molecule is CCOC(=O)c1ccc(NC(=O)[C@@H]2CCCCN2S(=O)(=O)c2ccc(F)cc2)cc1. The van der Waals surface area contributed by atoms with Crippen molar-refractivity contribution in [2.75, 3.05) is 18.5 Å². The van der Waals surface area contributed by atoms with Crippen LogP contribution >= 0.6 is 0 Å². The molecule has 1 fully saturated rings. The van der Waals surface area contributed by atoms with Crippen LogP contribution in [0.3, 0.4) is 0 Å². The molecule has 2 aromatic rings. The molecule has 1 atom stereocenters. The minimum atomic E-state index is -3.94. The Labute approximate surface area is 174 Å². The summed E-state index contributed by atoms with van der Waals surface area (Å²) in [5, 5.41) is 2.72. The molecule has 0 spiro atoms. The van der Waals surface area contributed by atoms with Gasteiger partial charge in [-0.15, -0.1) is 0 Å². The number of esters is 1. The molecule has 3 rings (SSSR count). The van der Waals surface area contributed by atoms with Gasteiger partial charge in [0.25, 0.3) is 0 Å². The van der Waals surface area contributed by atoms with E-state index in [1.54, 1.807) is 19.1 Å². The number of amides is 1. The van der Waals surface area contributed by atoms with Gasteiger partial charge >= 0.3 is 5.97 Å². The zero-order chi connectivity index (χ0) is 21.7. The lowest BCUT2D eigenvalue weighted by atomic mass is 10.0. The summed E-state index contributed by atoms with van der Waals surface area (Å²) in [6.45, 7) is 2.18. The van der Waals surface area contributed by atoms with E-state index in [0.717, 1.165) is 18.6 Å². The Kier molecular flexibility index (Phi) is 6.84. The number of benzene rings is 2. The van der Waals surface area contributed by atoms with E-state index in [0.29, 0.717) is 24.1 Å². The molecule has 0 aromatic heterocycles. The van der Waals surface area contributed by atoms with Gasteiger partial charge in [0.1, 0.15) is 11.9 Å². The van der Waals surface area contributed by atoms with Crippen LogP contribution in [0.25, 0.3) is 0 Å². The molecule has 0 bridgehead atoms. The minimum Gasteiger partial charge on any atom is -0.462 e. The molecule has 9 heteroatoms. The van der Waals surface area contributed by atoms with E-state index in [1.165, 1.54) is 28.6 Å². The van der Waals surface area contributed by atoms with Gasteiger partial charge in [0.2, 0.25) is 15.9 Å².